The number of aromatic nitrogens is 2. The molecule has 0 aliphatic carbocycles. The topological polar surface area (TPSA) is 61.4 Å². The molecule has 122 valence electrons. The minimum atomic E-state index is -0.534. The molecule has 23 heavy (non-hydrogen) atoms. The Morgan fingerprint density at radius 1 is 1.30 bits per heavy atom. The van der Waals surface area contributed by atoms with Gasteiger partial charge in [0.1, 0.15) is 0 Å². The van der Waals surface area contributed by atoms with Crippen molar-refractivity contribution in [2.45, 2.75) is 13.8 Å². The van der Waals surface area contributed by atoms with Gasteiger partial charge < -0.3 is 15.1 Å². The number of carbonyl (C=O) groups excluding carboxylic acids is 1. The number of anilines is 2. The SMILES string of the molecule is Cc1nc(N2CCN(C(=O)Nc3ccncc3F)CC2)sc1C. The van der Waals surface area contributed by atoms with Gasteiger partial charge in [-0.3, -0.25) is 4.98 Å². The average Bonchev–Trinajstić information content (AvgIpc) is 2.89. The predicted molar refractivity (Wildman–Crippen MR) is 88.6 cm³/mol. The van der Waals surface area contributed by atoms with E-state index in [4.69, 9.17) is 0 Å². The molecule has 3 heterocycles. The number of thiazole rings is 1. The van der Waals surface area contributed by atoms with Crippen molar-refractivity contribution in [2.24, 2.45) is 0 Å². The highest BCUT2D eigenvalue weighted by Gasteiger charge is 2.23. The van der Waals surface area contributed by atoms with Gasteiger partial charge in [-0.15, -0.1) is 11.3 Å². The highest BCUT2D eigenvalue weighted by Crippen LogP contribution is 2.26. The van der Waals surface area contributed by atoms with Gasteiger partial charge in [0.25, 0.3) is 0 Å². The van der Waals surface area contributed by atoms with Crippen LogP contribution in [0.5, 0.6) is 0 Å². The first-order valence-corrected chi connectivity index (χ1v) is 8.20. The maximum absolute atomic E-state index is 13.5. The fraction of sp³-hybridized carbons (Fsp3) is 0.400. The highest BCUT2D eigenvalue weighted by atomic mass is 32.1. The molecule has 0 atom stereocenters. The van der Waals surface area contributed by atoms with Gasteiger partial charge in [0.15, 0.2) is 10.9 Å². The molecule has 1 saturated heterocycles. The minimum Gasteiger partial charge on any atom is -0.345 e. The van der Waals surface area contributed by atoms with Crippen LogP contribution in [0.1, 0.15) is 10.6 Å². The van der Waals surface area contributed by atoms with Gasteiger partial charge in [0.2, 0.25) is 0 Å². The molecule has 2 aromatic rings. The van der Waals surface area contributed by atoms with Crippen molar-refractivity contribution in [3.8, 4) is 0 Å². The highest BCUT2D eigenvalue weighted by molar-refractivity contribution is 7.15. The molecule has 3 rings (SSSR count). The number of halogens is 1. The number of piperazine rings is 1. The molecule has 2 aromatic heterocycles. The molecule has 1 fully saturated rings. The number of nitrogens with zero attached hydrogens (tertiary/aromatic N) is 4. The summed E-state index contributed by atoms with van der Waals surface area (Å²) in [5, 5.41) is 3.59. The molecule has 2 amide bonds. The lowest BCUT2D eigenvalue weighted by molar-refractivity contribution is 0.208. The van der Waals surface area contributed by atoms with Crippen molar-refractivity contribution in [1.29, 1.82) is 0 Å². The zero-order valence-corrected chi connectivity index (χ0v) is 13.9. The van der Waals surface area contributed by atoms with Gasteiger partial charge in [-0.1, -0.05) is 0 Å². The number of hydrogen-bond acceptors (Lipinski definition) is 5. The molecule has 0 saturated carbocycles. The van der Waals surface area contributed by atoms with E-state index in [-0.39, 0.29) is 11.7 Å². The Bertz CT molecular complexity index is 692. The van der Waals surface area contributed by atoms with E-state index < -0.39 is 5.82 Å². The Hall–Kier alpha value is -2.22. The van der Waals surface area contributed by atoms with Gasteiger partial charge >= 0.3 is 6.03 Å². The third-order valence-electron chi connectivity index (χ3n) is 3.87. The lowest BCUT2D eigenvalue weighted by Gasteiger charge is -2.34. The van der Waals surface area contributed by atoms with E-state index in [1.165, 1.54) is 17.1 Å². The molecule has 0 unspecified atom stereocenters. The van der Waals surface area contributed by atoms with Crippen LogP contribution in [-0.4, -0.2) is 47.1 Å². The van der Waals surface area contributed by atoms with Gasteiger partial charge in [-0.2, -0.15) is 0 Å². The second-order valence-corrected chi connectivity index (χ2v) is 6.58. The van der Waals surface area contributed by atoms with Crippen molar-refractivity contribution in [2.75, 3.05) is 36.4 Å². The van der Waals surface area contributed by atoms with E-state index >= 15 is 0 Å². The minimum absolute atomic E-state index is 0.151. The number of rotatable bonds is 2. The first-order chi connectivity index (χ1) is 11.0. The number of aryl methyl sites for hydroxylation is 2. The molecule has 6 nitrogen and oxygen atoms in total. The third-order valence-corrected chi connectivity index (χ3v) is 5.00. The fourth-order valence-corrected chi connectivity index (χ4v) is 3.32. The van der Waals surface area contributed by atoms with Crippen LogP contribution in [0.2, 0.25) is 0 Å². The summed E-state index contributed by atoms with van der Waals surface area (Å²) in [5.74, 6) is -0.534. The number of hydrogen-bond donors (Lipinski definition) is 1. The van der Waals surface area contributed by atoms with Crippen LogP contribution in [0.25, 0.3) is 0 Å². The molecule has 0 spiro atoms. The second-order valence-electron chi connectivity index (χ2n) is 5.40. The normalized spacial score (nSPS) is 14.9. The molecule has 8 heteroatoms. The molecule has 1 aliphatic heterocycles. The van der Waals surface area contributed by atoms with E-state index in [1.54, 1.807) is 16.2 Å². The smallest absolute Gasteiger partial charge is 0.322 e. The molecule has 1 aliphatic rings. The Kier molecular flexibility index (Phi) is 4.42. The van der Waals surface area contributed by atoms with Gasteiger partial charge in [-0.25, -0.2) is 14.2 Å². The summed E-state index contributed by atoms with van der Waals surface area (Å²) in [6, 6.07) is 1.16. The van der Waals surface area contributed by atoms with Gasteiger partial charge in [-0.05, 0) is 19.9 Å². The van der Waals surface area contributed by atoms with Crippen molar-refractivity contribution in [3.63, 3.8) is 0 Å². The van der Waals surface area contributed by atoms with Crippen LogP contribution in [0.3, 0.4) is 0 Å². The number of pyridine rings is 1. The monoisotopic (exact) mass is 335 g/mol. The van der Waals surface area contributed by atoms with E-state index in [9.17, 15) is 9.18 Å². The van der Waals surface area contributed by atoms with Crippen LogP contribution in [0.15, 0.2) is 18.5 Å². The van der Waals surface area contributed by atoms with E-state index in [0.717, 1.165) is 30.1 Å². The van der Waals surface area contributed by atoms with E-state index in [0.29, 0.717) is 13.1 Å². The molecular formula is C15H18FN5OS. The quantitative estimate of drug-likeness (QED) is 0.916. The van der Waals surface area contributed by atoms with Crippen molar-refractivity contribution in [3.05, 3.63) is 34.8 Å². The fourth-order valence-electron chi connectivity index (χ4n) is 2.36. The maximum Gasteiger partial charge on any atom is 0.322 e. The van der Waals surface area contributed by atoms with Crippen LogP contribution < -0.4 is 10.2 Å². The summed E-state index contributed by atoms with van der Waals surface area (Å²) in [7, 11) is 0. The Morgan fingerprint density at radius 2 is 2.04 bits per heavy atom. The first-order valence-electron chi connectivity index (χ1n) is 7.39. The summed E-state index contributed by atoms with van der Waals surface area (Å²) in [5.41, 5.74) is 1.21. The van der Waals surface area contributed by atoms with Crippen LogP contribution in [0.4, 0.5) is 20.0 Å². The van der Waals surface area contributed by atoms with Crippen LogP contribution >= 0.6 is 11.3 Å². The van der Waals surface area contributed by atoms with Crippen LogP contribution in [0, 0.1) is 19.7 Å². The van der Waals surface area contributed by atoms with Crippen molar-refractivity contribution in [1.82, 2.24) is 14.9 Å². The first kappa shape index (κ1) is 15.7. The van der Waals surface area contributed by atoms with Crippen molar-refractivity contribution >= 4 is 28.2 Å². The average molecular weight is 335 g/mol. The summed E-state index contributed by atoms with van der Waals surface area (Å²) in [6.45, 7) is 6.66. The van der Waals surface area contributed by atoms with Gasteiger partial charge in [0, 0.05) is 37.3 Å². The Morgan fingerprint density at radius 3 is 2.65 bits per heavy atom. The number of carbonyl (C=O) groups is 1. The third kappa shape index (κ3) is 3.42. The maximum atomic E-state index is 13.5. The standard InChI is InChI=1S/C15H18FN5OS/c1-10-11(2)23-15(18-10)21-7-5-20(6-8-21)14(22)19-13-3-4-17-9-12(13)16/h3-4,9H,5-8H2,1-2H3,(H,17,19,22). The summed E-state index contributed by atoms with van der Waals surface area (Å²) >= 11 is 1.67. The zero-order valence-electron chi connectivity index (χ0n) is 13.0. The summed E-state index contributed by atoms with van der Waals surface area (Å²) in [4.78, 5) is 25.5. The summed E-state index contributed by atoms with van der Waals surface area (Å²) in [6.07, 6.45) is 2.53. The van der Waals surface area contributed by atoms with E-state index in [1.807, 2.05) is 6.92 Å². The number of urea groups is 1. The molecule has 0 bridgehead atoms. The number of amides is 2. The molecule has 0 aromatic carbocycles. The molecule has 0 radical (unpaired) electrons. The van der Waals surface area contributed by atoms with Crippen LogP contribution in [-0.2, 0) is 0 Å². The largest absolute Gasteiger partial charge is 0.345 e. The predicted octanol–water partition coefficient (Wildman–Crippen LogP) is 2.65. The number of nitrogens with one attached hydrogen (secondary N) is 1. The Balaban J connectivity index is 1.58. The molecular weight excluding hydrogens is 317 g/mol. The van der Waals surface area contributed by atoms with Gasteiger partial charge in [0.05, 0.1) is 17.6 Å². The zero-order chi connectivity index (χ0) is 16.4. The summed E-state index contributed by atoms with van der Waals surface area (Å²) < 4.78 is 13.5. The lowest BCUT2D eigenvalue weighted by atomic mass is 10.3. The van der Waals surface area contributed by atoms with Crippen molar-refractivity contribution < 1.29 is 9.18 Å². The second kappa shape index (κ2) is 6.49. The lowest BCUT2D eigenvalue weighted by Crippen LogP contribution is -2.50. The Labute approximate surface area is 138 Å². The molecule has 1 N–H and O–H groups in total. The van der Waals surface area contributed by atoms with E-state index in [2.05, 4.69) is 27.1 Å².